The van der Waals surface area contributed by atoms with E-state index in [2.05, 4.69) is 12.2 Å². The summed E-state index contributed by atoms with van der Waals surface area (Å²) in [6.45, 7) is 4.79. The molecule has 19 heavy (non-hydrogen) atoms. The molecule has 110 valence electrons. The topological polar surface area (TPSA) is 55.4 Å². The predicted octanol–water partition coefficient (Wildman–Crippen LogP) is 1.22. The van der Waals surface area contributed by atoms with E-state index >= 15 is 0 Å². The van der Waals surface area contributed by atoms with Gasteiger partial charge in [0.15, 0.2) is 9.84 Å². The van der Waals surface area contributed by atoms with Crippen LogP contribution in [-0.4, -0.2) is 45.7 Å². The van der Waals surface area contributed by atoms with E-state index in [1.807, 2.05) is 0 Å². The highest BCUT2D eigenvalue weighted by Gasteiger charge is 2.56. The first-order valence-corrected chi connectivity index (χ1v) is 9.42. The smallest absolute Gasteiger partial charge is 0.150 e. The molecule has 0 aromatic rings. The summed E-state index contributed by atoms with van der Waals surface area (Å²) in [5.41, 5.74) is 0.0702. The molecule has 3 atom stereocenters. The highest BCUT2D eigenvalue weighted by molar-refractivity contribution is 7.91. The van der Waals surface area contributed by atoms with Crippen LogP contribution in [-0.2, 0) is 14.6 Å². The molecule has 5 heteroatoms. The molecule has 2 saturated heterocycles. The lowest BCUT2D eigenvalue weighted by Gasteiger charge is -2.39. The molecule has 0 spiro atoms. The molecule has 3 aliphatic rings. The van der Waals surface area contributed by atoms with E-state index in [-0.39, 0.29) is 5.41 Å². The van der Waals surface area contributed by atoms with Crippen LogP contribution in [0.25, 0.3) is 0 Å². The molecular weight excluding hydrogens is 262 g/mol. The number of hydrogen-bond donors (Lipinski definition) is 1. The van der Waals surface area contributed by atoms with Crippen LogP contribution in [0, 0.1) is 17.3 Å². The van der Waals surface area contributed by atoms with Crippen molar-refractivity contribution in [2.45, 2.75) is 38.7 Å². The van der Waals surface area contributed by atoms with Crippen molar-refractivity contribution in [3.05, 3.63) is 0 Å². The van der Waals surface area contributed by atoms with E-state index < -0.39 is 9.84 Å². The Hall–Kier alpha value is -0.130. The highest BCUT2D eigenvalue weighted by Crippen LogP contribution is 2.53. The van der Waals surface area contributed by atoms with Crippen molar-refractivity contribution in [2.24, 2.45) is 17.3 Å². The highest BCUT2D eigenvalue weighted by atomic mass is 32.2. The van der Waals surface area contributed by atoms with Crippen molar-refractivity contribution in [3.8, 4) is 0 Å². The van der Waals surface area contributed by atoms with Gasteiger partial charge in [-0.05, 0) is 44.1 Å². The van der Waals surface area contributed by atoms with Gasteiger partial charge in [-0.1, -0.05) is 6.92 Å². The van der Waals surface area contributed by atoms with Gasteiger partial charge in [-0.2, -0.15) is 0 Å². The Morgan fingerprint density at radius 1 is 1.32 bits per heavy atom. The summed E-state index contributed by atoms with van der Waals surface area (Å²) in [6, 6.07) is 0. The van der Waals surface area contributed by atoms with E-state index in [0.29, 0.717) is 29.4 Å². The normalized spacial score (nSPS) is 41.7. The van der Waals surface area contributed by atoms with Crippen molar-refractivity contribution in [1.29, 1.82) is 0 Å². The number of nitrogens with one attached hydrogen (secondary N) is 1. The molecule has 0 amide bonds. The first kappa shape index (κ1) is 13.8. The van der Waals surface area contributed by atoms with E-state index in [0.717, 1.165) is 32.5 Å². The molecule has 1 N–H and O–H groups in total. The fourth-order valence-corrected chi connectivity index (χ4v) is 5.99. The molecule has 0 bridgehead atoms. The molecule has 3 fully saturated rings. The fourth-order valence-electron chi connectivity index (χ4n) is 4.06. The Labute approximate surface area is 116 Å². The Morgan fingerprint density at radius 3 is 2.68 bits per heavy atom. The number of hydrogen-bond acceptors (Lipinski definition) is 4. The Balaban J connectivity index is 1.83. The average molecular weight is 287 g/mol. The molecular formula is C14H25NO3S. The lowest BCUT2D eigenvalue weighted by atomic mass is 9.68. The van der Waals surface area contributed by atoms with Gasteiger partial charge in [0.25, 0.3) is 0 Å². The third-order valence-corrected chi connectivity index (χ3v) is 7.00. The van der Waals surface area contributed by atoms with Gasteiger partial charge in [0.05, 0.1) is 17.6 Å². The van der Waals surface area contributed by atoms with Gasteiger partial charge >= 0.3 is 0 Å². The third-order valence-electron chi connectivity index (χ3n) is 5.23. The first-order chi connectivity index (χ1) is 9.07. The van der Waals surface area contributed by atoms with Crippen LogP contribution >= 0.6 is 0 Å². The van der Waals surface area contributed by atoms with E-state index in [1.165, 1.54) is 12.8 Å². The maximum absolute atomic E-state index is 11.8. The standard InChI is InChI=1S/C14H25NO3S/c1-2-15-10-14(12-5-8-19(16,17)9-12)6-7-18-13(14)11-3-4-11/h11-13,15H,2-10H2,1H3. The van der Waals surface area contributed by atoms with Crippen molar-refractivity contribution < 1.29 is 13.2 Å². The summed E-state index contributed by atoms with van der Waals surface area (Å²) >= 11 is 0. The average Bonchev–Trinajstić information content (AvgIpc) is 3.02. The second-order valence-corrected chi connectivity index (χ2v) is 8.72. The van der Waals surface area contributed by atoms with Crippen molar-refractivity contribution >= 4 is 9.84 Å². The minimum atomic E-state index is -2.81. The molecule has 1 saturated carbocycles. The van der Waals surface area contributed by atoms with Gasteiger partial charge in [0, 0.05) is 18.6 Å². The zero-order chi connectivity index (χ0) is 13.5. The van der Waals surface area contributed by atoms with Crippen LogP contribution in [0.1, 0.15) is 32.6 Å². The van der Waals surface area contributed by atoms with Crippen LogP contribution in [0.4, 0.5) is 0 Å². The quantitative estimate of drug-likeness (QED) is 0.826. The SMILES string of the molecule is CCNCC1(C2CCS(=O)(=O)C2)CCOC1C1CC1. The Morgan fingerprint density at radius 2 is 2.11 bits per heavy atom. The first-order valence-electron chi connectivity index (χ1n) is 7.60. The maximum atomic E-state index is 11.8. The van der Waals surface area contributed by atoms with Gasteiger partial charge in [-0.15, -0.1) is 0 Å². The van der Waals surface area contributed by atoms with Gasteiger partial charge < -0.3 is 10.1 Å². The van der Waals surface area contributed by atoms with Crippen molar-refractivity contribution in [3.63, 3.8) is 0 Å². The van der Waals surface area contributed by atoms with Gasteiger partial charge in [-0.25, -0.2) is 8.42 Å². The molecule has 0 aromatic carbocycles. The minimum absolute atomic E-state index is 0.0702. The van der Waals surface area contributed by atoms with E-state index in [4.69, 9.17) is 4.74 Å². The van der Waals surface area contributed by atoms with Crippen molar-refractivity contribution in [2.75, 3.05) is 31.2 Å². The molecule has 4 nitrogen and oxygen atoms in total. The summed E-state index contributed by atoms with van der Waals surface area (Å²) < 4.78 is 29.7. The summed E-state index contributed by atoms with van der Waals surface area (Å²) in [5.74, 6) is 1.74. The summed E-state index contributed by atoms with van der Waals surface area (Å²) in [7, 11) is -2.81. The van der Waals surface area contributed by atoms with Crippen LogP contribution in [0.15, 0.2) is 0 Å². The molecule has 3 rings (SSSR count). The molecule has 3 unspecified atom stereocenters. The van der Waals surface area contributed by atoms with E-state index in [1.54, 1.807) is 0 Å². The summed E-state index contributed by atoms with van der Waals surface area (Å²) in [6.07, 6.45) is 4.68. The van der Waals surface area contributed by atoms with Gasteiger partial charge in [-0.3, -0.25) is 0 Å². The van der Waals surface area contributed by atoms with Gasteiger partial charge in [0.1, 0.15) is 0 Å². The third kappa shape index (κ3) is 2.57. The fraction of sp³-hybridized carbons (Fsp3) is 1.00. The summed E-state index contributed by atoms with van der Waals surface area (Å²) in [5, 5.41) is 3.47. The second-order valence-electron chi connectivity index (χ2n) is 6.49. The maximum Gasteiger partial charge on any atom is 0.150 e. The minimum Gasteiger partial charge on any atom is -0.377 e. The number of rotatable bonds is 5. The van der Waals surface area contributed by atoms with E-state index in [9.17, 15) is 8.42 Å². The summed E-state index contributed by atoms with van der Waals surface area (Å²) in [4.78, 5) is 0. The van der Waals surface area contributed by atoms with Gasteiger partial charge in [0.2, 0.25) is 0 Å². The Kier molecular flexibility index (Phi) is 3.65. The van der Waals surface area contributed by atoms with Crippen LogP contribution in [0.3, 0.4) is 0 Å². The Bertz CT molecular complexity index is 432. The van der Waals surface area contributed by atoms with Crippen LogP contribution in [0.2, 0.25) is 0 Å². The zero-order valence-electron chi connectivity index (χ0n) is 11.7. The van der Waals surface area contributed by atoms with Crippen LogP contribution < -0.4 is 5.32 Å². The second kappa shape index (κ2) is 5.01. The zero-order valence-corrected chi connectivity index (χ0v) is 12.5. The van der Waals surface area contributed by atoms with Crippen molar-refractivity contribution in [1.82, 2.24) is 5.32 Å². The lowest BCUT2D eigenvalue weighted by molar-refractivity contribution is 0.00526. The number of ether oxygens (including phenoxy) is 1. The lowest BCUT2D eigenvalue weighted by Crippen LogP contribution is -2.47. The molecule has 2 heterocycles. The number of sulfone groups is 1. The molecule has 1 aliphatic carbocycles. The predicted molar refractivity (Wildman–Crippen MR) is 74.8 cm³/mol. The monoisotopic (exact) mass is 287 g/mol. The molecule has 0 radical (unpaired) electrons. The van der Waals surface area contributed by atoms with Crippen LogP contribution in [0.5, 0.6) is 0 Å². The molecule has 0 aromatic heterocycles. The largest absolute Gasteiger partial charge is 0.377 e. The molecule has 2 aliphatic heterocycles.